The summed E-state index contributed by atoms with van der Waals surface area (Å²) in [7, 11) is 5.02. The largest absolute Gasteiger partial charge is 0.493 e. The minimum Gasteiger partial charge on any atom is -0.493 e. The van der Waals surface area contributed by atoms with E-state index in [4.69, 9.17) is 9.47 Å². The Bertz CT molecular complexity index is 710. The van der Waals surface area contributed by atoms with E-state index in [1.165, 1.54) is 11.8 Å². The third kappa shape index (κ3) is 3.64. The molecule has 1 fully saturated rings. The standard InChI is InChI=1S/C18H22N2O3S/c1-6-8-13-9-12(10-14(23-7-2)16(13)22-5)11-15-17(21)20(4)18(19-3)24-15/h6,9-11H,1,7-8H2,2-5H3/b15-11-,19-18?. The maximum atomic E-state index is 12.3. The molecule has 2 rings (SSSR count). The summed E-state index contributed by atoms with van der Waals surface area (Å²) in [5.74, 6) is 1.32. The summed E-state index contributed by atoms with van der Waals surface area (Å²) in [4.78, 5) is 18.6. The van der Waals surface area contributed by atoms with Crippen LogP contribution in [0, 0.1) is 0 Å². The van der Waals surface area contributed by atoms with Crippen LogP contribution in [0.4, 0.5) is 0 Å². The highest BCUT2D eigenvalue weighted by atomic mass is 32.2. The Balaban J connectivity index is 2.49. The van der Waals surface area contributed by atoms with Crippen LogP contribution >= 0.6 is 11.8 Å². The second-order valence-corrected chi connectivity index (χ2v) is 6.13. The van der Waals surface area contributed by atoms with E-state index in [1.54, 1.807) is 26.1 Å². The highest BCUT2D eigenvalue weighted by molar-refractivity contribution is 8.18. The highest BCUT2D eigenvalue weighted by Gasteiger charge is 2.29. The van der Waals surface area contributed by atoms with Gasteiger partial charge in [0.25, 0.3) is 5.91 Å². The Morgan fingerprint density at radius 3 is 2.71 bits per heavy atom. The first-order valence-corrected chi connectivity index (χ1v) is 8.46. The molecule has 128 valence electrons. The SMILES string of the molecule is C=CCc1cc(/C=C2\SC(=NC)N(C)C2=O)cc(OCC)c1OC. The molecule has 0 saturated carbocycles. The molecule has 0 unspecified atom stereocenters. The molecule has 0 bridgehead atoms. The quantitative estimate of drug-likeness (QED) is 0.585. The minimum absolute atomic E-state index is 0.0559. The third-order valence-electron chi connectivity index (χ3n) is 3.51. The molecule has 1 amide bonds. The van der Waals surface area contributed by atoms with Crippen molar-refractivity contribution in [2.45, 2.75) is 13.3 Å². The molecule has 0 aromatic heterocycles. The van der Waals surface area contributed by atoms with Gasteiger partial charge in [-0.3, -0.25) is 14.7 Å². The lowest BCUT2D eigenvalue weighted by molar-refractivity contribution is -0.121. The van der Waals surface area contributed by atoms with Crippen molar-refractivity contribution in [2.75, 3.05) is 27.8 Å². The molecule has 1 aliphatic heterocycles. The molecule has 6 heteroatoms. The molecule has 5 nitrogen and oxygen atoms in total. The molecule has 1 heterocycles. The average Bonchev–Trinajstić information content (AvgIpc) is 2.83. The van der Waals surface area contributed by atoms with E-state index in [9.17, 15) is 4.79 Å². The average molecular weight is 346 g/mol. The number of benzene rings is 1. The first-order chi connectivity index (χ1) is 11.5. The van der Waals surface area contributed by atoms with Crippen molar-refractivity contribution < 1.29 is 14.3 Å². The van der Waals surface area contributed by atoms with Crippen molar-refractivity contribution in [3.63, 3.8) is 0 Å². The van der Waals surface area contributed by atoms with E-state index in [0.717, 1.165) is 11.1 Å². The fraction of sp³-hybridized carbons (Fsp3) is 0.333. The number of carbonyl (C=O) groups excluding carboxylic acids is 1. The molecule has 1 aromatic carbocycles. The summed E-state index contributed by atoms with van der Waals surface area (Å²) in [6.45, 7) is 6.25. The number of ether oxygens (including phenoxy) is 2. The molecular weight excluding hydrogens is 324 g/mol. The Morgan fingerprint density at radius 2 is 2.17 bits per heavy atom. The van der Waals surface area contributed by atoms with E-state index in [2.05, 4.69) is 11.6 Å². The van der Waals surface area contributed by atoms with Crippen LogP contribution in [-0.4, -0.2) is 43.8 Å². The molecular formula is C18H22N2O3S. The van der Waals surface area contributed by atoms with E-state index >= 15 is 0 Å². The molecule has 1 aliphatic rings. The number of methoxy groups -OCH3 is 1. The number of amides is 1. The van der Waals surface area contributed by atoms with Gasteiger partial charge in [-0.15, -0.1) is 6.58 Å². The number of carbonyl (C=O) groups is 1. The van der Waals surface area contributed by atoms with Crippen LogP contribution in [0.1, 0.15) is 18.1 Å². The molecule has 0 aliphatic carbocycles. The van der Waals surface area contributed by atoms with Gasteiger partial charge in [-0.1, -0.05) is 6.08 Å². The zero-order valence-corrected chi connectivity index (χ0v) is 15.3. The van der Waals surface area contributed by atoms with E-state index < -0.39 is 0 Å². The van der Waals surface area contributed by atoms with Crippen molar-refractivity contribution in [3.8, 4) is 11.5 Å². The van der Waals surface area contributed by atoms with Crippen molar-refractivity contribution in [1.29, 1.82) is 0 Å². The van der Waals surface area contributed by atoms with Crippen LogP contribution in [-0.2, 0) is 11.2 Å². The van der Waals surface area contributed by atoms with Crippen molar-refractivity contribution >= 4 is 28.9 Å². The Hall–Kier alpha value is -2.21. The summed E-state index contributed by atoms with van der Waals surface area (Å²) >= 11 is 1.37. The summed E-state index contributed by atoms with van der Waals surface area (Å²) in [6, 6.07) is 3.88. The number of rotatable bonds is 6. The summed E-state index contributed by atoms with van der Waals surface area (Å²) in [5.41, 5.74) is 1.86. The molecule has 0 radical (unpaired) electrons. The van der Waals surface area contributed by atoms with Gasteiger partial charge in [0.05, 0.1) is 18.6 Å². The van der Waals surface area contributed by atoms with Gasteiger partial charge in [-0.25, -0.2) is 0 Å². The predicted octanol–water partition coefficient (Wildman–Crippen LogP) is 3.35. The lowest BCUT2D eigenvalue weighted by Gasteiger charge is -2.14. The van der Waals surface area contributed by atoms with E-state index in [1.807, 2.05) is 31.2 Å². The number of allylic oxidation sites excluding steroid dienone is 1. The first-order valence-electron chi connectivity index (χ1n) is 7.64. The zero-order valence-electron chi connectivity index (χ0n) is 14.5. The maximum absolute atomic E-state index is 12.3. The third-order valence-corrected chi connectivity index (χ3v) is 4.67. The monoisotopic (exact) mass is 346 g/mol. The normalized spacial score (nSPS) is 17.7. The first kappa shape index (κ1) is 18.1. The molecule has 0 N–H and O–H groups in total. The summed E-state index contributed by atoms with van der Waals surface area (Å²) in [5, 5.41) is 0.691. The van der Waals surface area contributed by atoms with Gasteiger partial charge in [0.1, 0.15) is 0 Å². The van der Waals surface area contributed by atoms with Crippen LogP contribution in [0.3, 0.4) is 0 Å². The Labute approximate surface area is 147 Å². The molecule has 24 heavy (non-hydrogen) atoms. The summed E-state index contributed by atoms with van der Waals surface area (Å²) < 4.78 is 11.2. The van der Waals surface area contributed by atoms with Gasteiger partial charge in [0.15, 0.2) is 16.7 Å². The van der Waals surface area contributed by atoms with Gasteiger partial charge in [-0.05, 0) is 48.9 Å². The van der Waals surface area contributed by atoms with E-state index in [0.29, 0.717) is 34.6 Å². The van der Waals surface area contributed by atoms with Gasteiger partial charge >= 0.3 is 0 Å². The van der Waals surface area contributed by atoms with Crippen LogP contribution < -0.4 is 9.47 Å². The Morgan fingerprint density at radius 1 is 1.42 bits per heavy atom. The maximum Gasteiger partial charge on any atom is 0.266 e. The lowest BCUT2D eigenvalue weighted by atomic mass is 10.0. The number of nitrogens with zero attached hydrogens (tertiary/aromatic N) is 2. The van der Waals surface area contributed by atoms with Crippen LogP contribution in [0.2, 0.25) is 0 Å². The van der Waals surface area contributed by atoms with Crippen molar-refractivity contribution in [3.05, 3.63) is 40.8 Å². The molecule has 0 atom stereocenters. The Kier molecular flexibility index (Phi) is 6.09. The fourth-order valence-electron chi connectivity index (χ4n) is 2.47. The van der Waals surface area contributed by atoms with E-state index in [-0.39, 0.29) is 5.91 Å². The summed E-state index contributed by atoms with van der Waals surface area (Å²) in [6.07, 6.45) is 4.33. The number of aliphatic imine (C=N–C) groups is 1. The number of amidine groups is 1. The van der Waals surface area contributed by atoms with Crippen molar-refractivity contribution in [2.24, 2.45) is 4.99 Å². The number of thioether (sulfide) groups is 1. The second kappa shape index (κ2) is 8.06. The molecule has 1 aromatic rings. The zero-order chi connectivity index (χ0) is 17.7. The molecule has 1 saturated heterocycles. The minimum atomic E-state index is -0.0559. The van der Waals surface area contributed by atoms with Gasteiger partial charge < -0.3 is 9.47 Å². The highest BCUT2D eigenvalue weighted by Crippen LogP contribution is 2.36. The van der Waals surface area contributed by atoms with Gasteiger partial charge in [0.2, 0.25) is 0 Å². The van der Waals surface area contributed by atoms with Gasteiger partial charge in [-0.2, -0.15) is 0 Å². The smallest absolute Gasteiger partial charge is 0.266 e. The number of likely N-dealkylation sites (N-methyl/N-ethyl adjacent to an activating group) is 1. The second-order valence-electron chi connectivity index (χ2n) is 5.12. The lowest BCUT2D eigenvalue weighted by Crippen LogP contribution is -2.23. The van der Waals surface area contributed by atoms with Crippen LogP contribution in [0.5, 0.6) is 11.5 Å². The van der Waals surface area contributed by atoms with Gasteiger partial charge in [0, 0.05) is 19.7 Å². The number of hydrogen-bond donors (Lipinski definition) is 0. The topological polar surface area (TPSA) is 51.1 Å². The fourth-order valence-corrected chi connectivity index (χ4v) is 3.40. The van der Waals surface area contributed by atoms with Crippen LogP contribution in [0.25, 0.3) is 6.08 Å². The van der Waals surface area contributed by atoms with Crippen LogP contribution in [0.15, 0.2) is 34.7 Å². The van der Waals surface area contributed by atoms with Crippen molar-refractivity contribution in [1.82, 2.24) is 4.90 Å². The molecule has 0 spiro atoms. The number of hydrogen-bond acceptors (Lipinski definition) is 5. The predicted molar refractivity (Wildman–Crippen MR) is 99.8 cm³/mol.